The third-order valence-electron chi connectivity index (χ3n) is 7.25. The molecule has 41 heavy (non-hydrogen) atoms. The van der Waals surface area contributed by atoms with Crippen molar-refractivity contribution in [2.24, 2.45) is 0 Å². The minimum absolute atomic E-state index is 0.258. The topological polar surface area (TPSA) is 136 Å². The Bertz CT molecular complexity index is 2020. The Kier molecular flexibility index (Phi) is 5.54. The van der Waals surface area contributed by atoms with E-state index in [1.165, 1.54) is 6.07 Å². The van der Waals surface area contributed by atoms with Gasteiger partial charge in [-0.05, 0) is 54.8 Å². The van der Waals surface area contributed by atoms with Gasteiger partial charge >= 0.3 is 6.18 Å². The van der Waals surface area contributed by atoms with Crippen molar-refractivity contribution in [3.05, 3.63) is 93.4 Å². The summed E-state index contributed by atoms with van der Waals surface area (Å²) in [6.45, 7) is 0. The number of anilines is 1. The molecule has 14 heteroatoms. The normalized spacial score (nSPS) is 15.1. The first-order valence-electron chi connectivity index (χ1n) is 12.5. The van der Waals surface area contributed by atoms with E-state index in [9.17, 15) is 18.0 Å². The number of hydrogen-bond donors (Lipinski definition) is 3. The molecule has 206 valence electrons. The lowest BCUT2D eigenvalue weighted by atomic mass is 10.0. The van der Waals surface area contributed by atoms with E-state index in [0.717, 1.165) is 38.7 Å². The predicted molar refractivity (Wildman–Crippen MR) is 146 cm³/mol. The Morgan fingerprint density at radius 1 is 1.07 bits per heavy atom. The smallest absolute Gasteiger partial charge is 0.382 e. The number of aromatic nitrogens is 8. The van der Waals surface area contributed by atoms with Gasteiger partial charge < -0.3 is 15.3 Å². The number of pyridine rings is 1. The molecule has 2 aromatic carbocycles. The van der Waals surface area contributed by atoms with Crippen LogP contribution in [-0.2, 0) is 12.6 Å². The van der Waals surface area contributed by atoms with E-state index >= 15 is 0 Å². The molecule has 0 saturated heterocycles. The largest absolute Gasteiger partial charge is 0.436 e. The van der Waals surface area contributed by atoms with Gasteiger partial charge in [-0.2, -0.15) is 18.3 Å². The van der Waals surface area contributed by atoms with E-state index in [2.05, 4.69) is 30.5 Å². The summed E-state index contributed by atoms with van der Waals surface area (Å²) >= 11 is 6.25. The van der Waals surface area contributed by atoms with E-state index in [0.29, 0.717) is 46.3 Å². The van der Waals surface area contributed by atoms with Gasteiger partial charge in [0.15, 0.2) is 11.5 Å². The van der Waals surface area contributed by atoms with Crippen LogP contribution in [0, 0.1) is 0 Å². The second kappa shape index (κ2) is 9.06. The van der Waals surface area contributed by atoms with Crippen molar-refractivity contribution in [3.63, 3.8) is 0 Å². The molecule has 1 aliphatic heterocycles. The Morgan fingerprint density at radius 2 is 1.93 bits per heavy atom. The summed E-state index contributed by atoms with van der Waals surface area (Å²) in [6.07, 6.45) is -0.842. The van der Waals surface area contributed by atoms with E-state index in [4.69, 9.17) is 17.3 Å². The van der Waals surface area contributed by atoms with Crippen molar-refractivity contribution < 1.29 is 13.2 Å². The van der Waals surface area contributed by atoms with Crippen LogP contribution in [0.4, 0.5) is 19.0 Å². The number of benzene rings is 2. The Labute approximate surface area is 233 Å². The number of nitrogens with zero attached hydrogens (tertiary/aromatic N) is 6. The van der Waals surface area contributed by atoms with Crippen LogP contribution >= 0.6 is 11.6 Å². The Balaban J connectivity index is 1.24. The maximum absolute atomic E-state index is 13.5. The predicted octanol–water partition coefficient (Wildman–Crippen LogP) is 5.15. The quantitative estimate of drug-likeness (QED) is 0.265. The second-order valence-corrected chi connectivity index (χ2v) is 10.2. The minimum atomic E-state index is -4.64. The molecule has 0 spiro atoms. The fourth-order valence-electron chi connectivity index (χ4n) is 5.34. The molecule has 0 aliphatic carbocycles. The first kappa shape index (κ1) is 25.1. The van der Waals surface area contributed by atoms with Crippen molar-refractivity contribution >= 4 is 28.3 Å². The lowest BCUT2D eigenvalue weighted by Gasteiger charge is -2.15. The van der Waals surface area contributed by atoms with Crippen molar-refractivity contribution in [2.45, 2.75) is 25.1 Å². The standard InChI is InChI=1S/C27H19ClF3N9O/c28-15-2-5-21(39-12-23(36-38-39)27(29,30)31)18(10-15)14-7-16-3-6-22(40(16)24(41)9-14)20-11-33-26(34-20)13-1-4-17-19(8-13)35-37-25(17)32/h1-2,4-5,7-12,22H,3,6H2,(H,33,34)(H3,32,35,37). The van der Waals surface area contributed by atoms with Crippen molar-refractivity contribution in [1.82, 2.24) is 39.7 Å². The first-order valence-corrected chi connectivity index (χ1v) is 12.9. The zero-order valence-corrected chi connectivity index (χ0v) is 21.7. The van der Waals surface area contributed by atoms with Crippen LogP contribution in [0.2, 0.25) is 5.02 Å². The monoisotopic (exact) mass is 577 g/mol. The molecular formula is C27H19ClF3N9O. The third-order valence-corrected chi connectivity index (χ3v) is 7.49. The first-order chi connectivity index (χ1) is 19.7. The number of rotatable bonds is 4. The number of hydrogen-bond acceptors (Lipinski definition) is 6. The van der Waals surface area contributed by atoms with Crippen molar-refractivity contribution in [1.29, 1.82) is 0 Å². The summed E-state index contributed by atoms with van der Waals surface area (Å²) in [4.78, 5) is 21.4. The Morgan fingerprint density at radius 3 is 2.73 bits per heavy atom. The van der Waals surface area contributed by atoms with Gasteiger partial charge in [0.05, 0.1) is 35.3 Å². The maximum Gasteiger partial charge on any atom is 0.436 e. The molecule has 0 bridgehead atoms. The molecule has 5 heterocycles. The number of nitrogen functional groups attached to an aromatic ring is 1. The van der Waals surface area contributed by atoms with Crippen LogP contribution in [0.25, 0.3) is 39.1 Å². The fraction of sp³-hybridized carbons (Fsp3) is 0.148. The van der Waals surface area contributed by atoms with Gasteiger partial charge in [-0.1, -0.05) is 22.9 Å². The number of nitrogens with one attached hydrogen (secondary N) is 2. The van der Waals surface area contributed by atoms with Crippen molar-refractivity contribution in [3.8, 4) is 28.2 Å². The van der Waals surface area contributed by atoms with Gasteiger partial charge in [0, 0.05) is 33.3 Å². The SMILES string of the molecule is Nc1n[nH]c2cc(-c3ncc(C4CCc5cc(-c6cc(Cl)ccc6-n6cc(C(F)(F)F)nn6)cc(=O)n54)[nH]3)ccc12. The van der Waals surface area contributed by atoms with E-state index < -0.39 is 11.9 Å². The number of halogens is 4. The molecule has 0 amide bonds. The number of fused-ring (bicyclic) bond motifs is 2. The highest BCUT2D eigenvalue weighted by Gasteiger charge is 2.35. The summed E-state index contributed by atoms with van der Waals surface area (Å²) < 4.78 is 42.2. The molecule has 6 aromatic rings. The van der Waals surface area contributed by atoms with Gasteiger partial charge in [0.2, 0.25) is 0 Å². The highest BCUT2D eigenvalue weighted by atomic mass is 35.5. The summed E-state index contributed by atoms with van der Waals surface area (Å²) in [5.74, 6) is 1.06. The third kappa shape index (κ3) is 4.25. The highest BCUT2D eigenvalue weighted by Crippen LogP contribution is 2.36. The summed E-state index contributed by atoms with van der Waals surface area (Å²) in [7, 11) is 0. The molecule has 10 nitrogen and oxygen atoms in total. The van der Waals surface area contributed by atoms with Gasteiger partial charge in [-0.15, -0.1) is 5.10 Å². The minimum Gasteiger partial charge on any atom is -0.382 e. The summed E-state index contributed by atoms with van der Waals surface area (Å²) in [5.41, 5.74) is 8.95. The molecular weight excluding hydrogens is 559 g/mol. The number of aryl methyl sites for hydroxylation is 1. The van der Waals surface area contributed by atoms with Crippen LogP contribution in [0.5, 0.6) is 0 Å². The van der Waals surface area contributed by atoms with Crippen LogP contribution in [0.15, 0.2) is 65.7 Å². The van der Waals surface area contributed by atoms with E-state index in [1.807, 2.05) is 24.3 Å². The number of H-pyrrole nitrogens is 2. The molecule has 1 unspecified atom stereocenters. The molecule has 1 atom stereocenters. The number of aromatic amines is 2. The molecule has 7 rings (SSSR count). The van der Waals surface area contributed by atoms with Crippen LogP contribution in [0.3, 0.4) is 0 Å². The summed E-state index contributed by atoms with van der Waals surface area (Å²) in [6, 6.07) is 13.4. The van der Waals surface area contributed by atoms with Crippen LogP contribution < -0.4 is 11.3 Å². The molecule has 0 radical (unpaired) electrons. The highest BCUT2D eigenvalue weighted by molar-refractivity contribution is 6.31. The number of imidazole rings is 1. The zero-order chi connectivity index (χ0) is 28.5. The maximum atomic E-state index is 13.5. The molecule has 4 aromatic heterocycles. The van der Waals surface area contributed by atoms with Crippen molar-refractivity contribution in [2.75, 3.05) is 5.73 Å². The lowest BCUT2D eigenvalue weighted by molar-refractivity contribution is -0.141. The molecule has 0 fully saturated rings. The number of nitrogens with two attached hydrogens (primary N) is 1. The average molecular weight is 578 g/mol. The van der Waals surface area contributed by atoms with Gasteiger partial charge in [0.25, 0.3) is 5.56 Å². The lowest BCUT2D eigenvalue weighted by Crippen LogP contribution is -2.23. The van der Waals surface area contributed by atoms with Crippen LogP contribution in [0.1, 0.15) is 29.5 Å². The fourth-order valence-corrected chi connectivity index (χ4v) is 5.51. The van der Waals surface area contributed by atoms with E-state index in [-0.39, 0.29) is 11.6 Å². The zero-order valence-electron chi connectivity index (χ0n) is 20.9. The number of alkyl halides is 3. The second-order valence-electron chi connectivity index (χ2n) is 9.76. The summed E-state index contributed by atoms with van der Waals surface area (Å²) in [5, 5.41) is 15.0. The van der Waals surface area contributed by atoms with Crippen LogP contribution in [-0.4, -0.2) is 39.7 Å². The molecule has 1 aliphatic rings. The van der Waals surface area contributed by atoms with Gasteiger partial charge in [-0.3, -0.25) is 9.89 Å². The average Bonchev–Trinajstić information content (AvgIpc) is 3.74. The molecule has 4 N–H and O–H groups in total. The van der Waals surface area contributed by atoms with Gasteiger partial charge in [0.1, 0.15) is 5.82 Å². The van der Waals surface area contributed by atoms with E-state index in [1.54, 1.807) is 29.0 Å². The van der Waals surface area contributed by atoms with Gasteiger partial charge in [-0.25, -0.2) is 9.67 Å². The Hall–Kier alpha value is -4.91. The molecule has 0 saturated carbocycles.